The largest absolute Gasteiger partial charge is 0.495 e. The quantitative estimate of drug-likeness (QED) is 0.840. The van der Waals surface area contributed by atoms with Gasteiger partial charge in [0.05, 0.1) is 12.8 Å². The number of nitrogens with one attached hydrogen (secondary N) is 1. The molecule has 1 aliphatic rings. The number of carbonyl (C=O) groups is 1. The molecule has 1 aromatic heterocycles. The minimum atomic E-state index is -0.0605. The van der Waals surface area contributed by atoms with Gasteiger partial charge in [-0.2, -0.15) is 0 Å². The first-order valence-corrected chi connectivity index (χ1v) is 9.04. The van der Waals surface area contributed by atoms with E-state index in [2.05, 4.69) is 20.1 Å². The Bertz CT molecular complexity index is 734. The van der Waals surface area contributed by atoms with Crippen LogP contribution in [0.25, 0.3) is 0 Å². The molecule has 0 saturated carbocycles. The fourth-order valence-corrected chi connectivity index (χ4v) is 3.22. The van der Waals surface area contributed by atoms with E-state index >= 15 is 0 Å². The molecule has 6 nitrogen and oxygen atoms in total. The lowest BCUT2D eigenvalue weighted by Crippen LogP contribution is -2.48. The molecule has 1 saturated heterocycles. The number of carbonyl (C=O) groups excluding carboxylic acids is 1. The van der Waals surface area contributed by atoms with Crippen molar-refractivity contribution in [3.8, 4) is 5.75 Å². The third-order valence-electron chi connectivity index (χ3n) is 4.51. The molecule has 1 aliphatic heterocycles. The maximum atomic E-state index is 12.0. The van der Waals surface area contributed by atoms with E-state index in [0.717, 1.165) is 44.2 Å². The first kappa shape index (κ1) is 18.5. The van der Waals surface area contributed by atoms with Crippen molar-refractivity contribution in [1.82, 2.24) is 15.2 Å². The van der Waals surface area contributed by atoms with Crippen molar-refractivity contribution in [2.45, 2.75) is 0 Å². The van der Waals surface area contributed by atoms with Gasteiger partial charge in [0.1, 0.15) is 5.75 Å². The molecular weight excluding hydrogens is 352 g/mol. The predicted octanol–water partition coefficient (Wildman–Crippen LogP) is 2.30. The second kappa shape index (κ2) is 8.87. The summed E-state index contributed by atoms with van der Waals surface area (Å²) in [7, 11) is 1.68. The third kappa shape index (κ3) is 4.65. The monoisotopic (exact) mass is 374 g/mol. The molecule has 1 aromatic carbocycles. The fraction of sp³-hybridized carbons (Fsp3) is 0.368. The summed E-state index contributed by atoms with van der Waals surface area (Å²) >= 11 is 6.13. The van der Waals surface area contributed by atoms with E-state index in [1.807, 2.05) is 18.2 Å². The molecule has 26 heavy (non-hydrogen) atoms. The van der Waals surface area contributed by atoms with Gasteiger partial charge in [-0.1, -0.05) is 11.6 Å². The summed E-state index contributed by atoms with van der Waals surface area (Å²) in [6.07, 6.45) is 3.25. The number of pyridine rings is 1. The van der Waals surface area contributed by atoms with Gasteiger partial charge in [-0.3, -0.25) is 14.7 Å². The van der Waals surface area contributed by atoms with Gasteiger partial charge in [0.25, 0.3) is 5.91 Å². The Morgan fingerprint density at radius 2 is 1.92 bits per heavy atom. The summed E-state index contributed by atoms with van der Waals surface area (Å²) in [5.74, 6) is 0.780. The summed E-state index contributed by atoms with van der Waals surface area (Å²) in [6, 6.07) is 9.12. The molecule has 1 amide bonds. The van der Waals surface area contributed by atoms with Gasteiger partial charge in [0.2, 0.25) is 0 Å². The Labute approximate surface area is 158 Å². The Morgan fingerprint density at radius 3 is 2.62 bits per heavy atom. The number of hydrogen-bond acceptors (Lipinski definition) is 5. The average molecular weight is 375 g/mol. The van der Waals surface area contributed by atoms with Gasteiger partial charge in [0.15, 0.2) is 0 Å². The van der Waals surface area contributed by atoms with Crippen LogP contribution in [0.1, 0.15) is 10.4 Å². The van der Waals surface area contributed by atoms with Crippen LogP contribution in [-0.2, 0) is 0 Å². The van der Waals surface area contributed by atoms with Crippen LogP contribution in [0.15, 0.2) is 42.7 Å². The van der Waals surface area contributed by atoms with E-state index in [-0.39, 0.29) is 5.91 Å². The highest BCUT2D eigenvalue weighted by Gasteiger charge is 2.20. The highest BCUT2D eigenvalue weighted by Crippen LogP contribution is 2.31. The van der Waals surface area contributed by atoms with Crippen LogP contribution in [0.4, 0.5) is 5.69 Å². The van der Waals surface area contributed by atoms with E-state index in [1.54, 1.807) is 31.6 Å². The van der Waals surface area contributed by atoms with E-state index in [9.17, 15) is 4.79 Å². The number of amides is 1. The number of aromatic nitrogens is 1. The summed E-state index contributed by atoms with van der Waals surface area (Å²) in [5.41, 5.74) is 1.67. The summed E-state index contributed by atoms with van der Waals surface area (Å²) in [4.78, 5) is 20.6. The van der Waals surface area contributed by atoms with Gasteiger partial charge in [-0.25, -0.2) is 0 Å². The first-order chi connectivity index (χ1) is 12.7. The zero-order valence-electron chi connectivity index (χ0n) is 14.8. The van der Waals surface area contributed by atoms with E-state index in [0.29, 0.717) is 17.1 Å². The third-order valence-corrected chi connectivity index (χ3v) is 4.75. The Hall–Kier alpha value is -2.31. The standard InChI is InChI=1S/C19H23ClN4O2/c1-26-18-3-2-16(20)14-17(18)24-12-10-23(11-13-24)9-8-22-19(25)15-4-6-21-7-5-15/h2-7,14H,8-13H2,1H3,(H,22,25). The zero-order valence-corrected chi connectivity index (χ0v) is 15.6. The summed E-state index contributed by atoms with van der Waals surface area (Å²) < 4.78 is 5.45. The van der Waals surface area contributed by atoms with Crippen LogP contribution >= 0.6 is 11.6 Å². The maximum Gasteiger partial charge on any atom is 0.251 e. The molecule has 0 bridgehead atoms. The number of halogens is 1. The number of methoxy groups -OCH3 is 1. The van der Waals surface area contributed by atoms with Crippen molar-refractivity contribution >= 4 is 23.2 Å². The van der Waals surface area contributed by atoms with Crippen LogP contribution in [-0.4, -0.2) is 62.2 Å². The van der Waals surface area contributed by atoms with Crippen molar-refractivity contribution < 1.29 is 9.53 Å². The molecule has 0 aliphatic carbocycles. The molecule has 0 unspecified atom stereocenters. The van der Waals surface area contributed by atoms with Crippen LogP contribution in [0.3, 0.4) is 0 Å². The van der Waals surface area contributed by atoms with Crippen molar-refractivity contribution in [1.29, 1.82) is 0 Å². The summed E-state index contributed by atoms with van der Waals surface area (Å²) in [6.45, 7) is 5.12. The first-order valence-electron chi connectivity index (χ1n) is 8.66. The molecule has 2 aromatic rings. The maximum absolute atomic E-state index is 12.0. The van der Waals surface area contributed by atoms with Crippen molar-refractivity contribution in [3.63, 3.8) is 0 Å². The second-order valence-electron chi connectivity index (χ2n) is 6.14. The van der Waals surface area contributed by atoms with E-state index in [1.165, 1.54) is 0 Å². The SMILES string of the molecule is COc1ccc(Cl)cc1N1CCN(CCNC(=O)c2ccncc2)CC1. The molecule has 0 radical (unpaired) electrons. The molecule has 2 heterocycles. The second-order valence-corrected chi connectivity index (χ2v) is 6.57. The molecule has 138 valence electrons. The molecule has 0 spiro atoms. The molecule has 1 N–H and O–H groups in total. The smallest absolute Gasteiger partial charge is 0.251 e. The van der Waals surface area contributed by atoms with Gasteiger partial charge < -0.3 is 15.0 Å². The molecule has 7 heteroatoms. The van der Waals surface area contributed by atoms with Crippen molar-refractivity contribution in [2.75, 3.05) is 51.3 Å². The average Bonchev–Trinajstić information content (AvgIpc) is 2.69. The molecule has 1 fully saturated rings. The number of hydrogen-bond donors (Lipinski definition) is 1. The zero-order chi connectivity index (χ0) is 18.4. The van der Waals surface area contributed by atoms with Gasteiger partial charge in [-0.15, -0.1) is 0 Å². The predicted molar refractivity (Wildman–Crippen MR) is 103 cm³/mol. The molecule has 3 rings (SSSR count). The normalized spacial score (nSPS) is 14.9. The summed E-state index contributed by atoms with van der Waals surface area (Å²) in [5, 5.41) is 3.67. The number of nitrogens with zero attached hydrogens (tertiary/aromatic N) is 3. The minimum Gasteiger partial charge on any atom is -0.495 e. The van der Waals surface area contributed by atoms with Crippen LogP contribution < -0.4 is 15.0 Å². The Kier molecular flexibility index (Phi) is 6.30. The number of piperazine rings is 1. The Balaban J connectivity index is 1.46. The topological polar surface area (TPSA) is 57.7 Å². The molecular formula is C19H23ClN4O2. The number of benzene rings is 1. The number of anilines is 1. The van der Waals surface area contributed by atoms with E-state index in [4.69, 9.17) is 16.3 Å². The number of rotatable bonds is 6. The van der Waals surface area contributed by atoms with Crippen molar-refractivity contribution in [3.05, 3.63) is 53.3 Å². The van der Waals surface area contributed by atoms with Gasteiger partial charge >= 0.3 is 0 Å². The van der Waals surface area contributed by atoms with Crippen LogP contribution in [0, 0.1) is 0 Å². The lowest BCUT2D eigenvalue weighted by atomic mass is 10.2. The minimum absolute atomic E-state index is 0.0605. The van der Waals surface area contributed by atoms with Gasteiger partial charge in [0, 0.05) is 62.2 Å². The highest BCUT2D eigenvalue weighted by molar-refractivity contribution is 6.30. The Morgan fingerprint density at radius 1 is 1.19 bits per heavy atom. The lowest BCUT2D eigenvalue weighted by molar-refractivity contribution is 0.0947. The van der Waals surface area contributed by atoms with Crippen LogP contribution in [0.5, 0.6) is 5.75 Å². The van der Waals surface area contributed by atoms with Gasteiger partial charge in [-0.05, 0) is 30.3 Å². The fourth-order valence-electron chi connectivity index (χ4n) is 3.06. The van der Waals surface area contributed by atoms with Crippen molar-refractivity contribution in [2.24, 2.45) is 0 Å². The highest BCUT2D eigenvalue weighted by atomic mass is 35.5. The molecule has 0 atom stereocenters. The lowest BCUT2D eigenvalue weighted by Gasteiger charge is -2.36. The van der Waals surface area contributed by atoms with Crippen LogP contribution in [0.2, 0.25) is 5.02 Å². The van der Waals surface area contributed by atoms with E-state index < -0.39 is 0 Å². The number of ether oxygens (including phenoxy) is 1.